The molecule has 1 aromatic carbocycles. The average Bonchev–Trinajstić information content (AvgIpc) is 2.58. The summed E-state index contributed by atoms with van der Waals surface area (Å²) < 4.78 is 5.54. The lowest BCUT2D eigenvalue weighted by atomic mass is 10.1. The lowest BCUT2D eigenvalue weighted by Crippen LogP contribution is -2.45. The predicted octanol–water partition coefficient (Wildman–Crippen LogP) is 1.97. The maximum absolute atomic E-state index is 12.4. The van der Waals surface area contributed by atoms with Crippen molar-refractivity contribution in [3.05, 3.63) is 29.8 Å². The quantitative estimate of drug-likeness (QED) is 0.815. The number of rotatable bonds is 6. The third-order valence-electron chi connectivity index (χ3n) is 3.52. The van der Waals surface area contributed by atoms with Gasteiger partial charge in [-0.1, -0.05) is 25.5 Å². The van der Waals surface area contributed by atoms with E-state index >= 15 is 0 Å². The largest absolute Gasteiger partial charge is 0.380 e. The summed E-state index contributed by atoms with van der Waals surface area (Å²) in [5.74, 6) is -0.312. The van der Waals surface area contributed by atoms with E-state index in [1.54, 1.807) is 30.0 Å². The molecule has 0 aromatic heterocycles. The number of hydrogen-bond donors (Lipinski definition) is 1. The molecule has 1 atom stereocenters. The van der Waals surface area contributed by atoms with E-state index in [0.29, 0.717) is 31.0 Å². The number of nitrogens with zero attached hydrogens (tertiary/aromatic N) is 1. The summed E-state index contributed by atoms with van der Waals surface area (Å²) in [6.45, 7) is 5.45. The van der Waals surface area contributed by atoms with Crippen molar-refractivity contribution < 1.29 is 14.3 Å². The standard InChI is InChI=1S/C16H22N2O3/c1-3-4-10-21-11-9-18-14-8-6-5-7-13(14)15(19)17-12(2)16(18)20/h5-8,12H,3-4,9-11H2,1-2H3,(H,17,19). The molecule has 0 radical (unpaired) electrons. The monoisotopic (exact) mass is 290 g/mol. The molecule has 2 rings (SSSR count). The molecule has 0 saturated carbocycles. The van der Waals surface area contributed by atoms with Gasteiger partial charge in [-0.05, 0) is 25.5 Å². The Hall–Kier alpha value is -1.88. The van der Waals surface area contributed by atoms with E-state index in [9.17, 15) is 9.59 Å². The molecule has 1 aliphatic rings. The van der Waals surface area contributed by atoms with Crippen LogP contribution < -0.4 is 10.2 Å². The van der Waals surface area contributed by atoms with E-state index in [1.807, 2.05) is 6.07 Å². The van der Waals surface area contributed by atoms with Gasteiger partial charge in [-0.25, -0.2) is 0 Å². The highest BCUT2D eigenvalue weighted by molar-refractivity contribution is 6.10. The molecule has 5 nitrogen and oxygen atoms in total. The Morgan fingerprint density at radius 1 is 1.24 bits per heavy atom. The van der Waals surface area contributed by atoms with Gasteiger partial charge in [0.25, 0.3) is 5.91 Å². The number of nitrogens with one attached hydrogen (secondary N) is 1. The van der Waals surface area contributed by atoms with E-state index in [-0.39, 0.29) is 11.8 Å². The Bertz CT molecular complexity index is 516. The molecule has 2 amide bonds. The molecule has 114 valence electrons. The number of hydrogen-bond acceptors (Lipinski definition) is 3. The number of anilines is 1. The molecular formula is C16H22N2O3. The van der Waals surface area contributed by atoms with Crippen LogP contribution in [0.25, 0.3) is 0 Å². The van der Waals surface area contributed by atoms with Gasteiger partial charge in [-0.3, -0.25) is 9.59 Å². The molecule has 21 heavy (non-hydrogen) atoms. The van der Waals surface area contributed by atoms with Crippen molar-refractivity contribution in [3.63, 3.8) is 0 Å². The zero-order chi connectivity index (χ0) is 15.2. The molecule has 0 spiro atoms. The van der Waals surface area contributed by atoms with Crippen LogP contribution in [0.15, 0.2) is 24.3 Å². The molecular weight excluding hydrogens is 268 g/mol. The SMILES string of the molecule is CCCCOCCN1C(=O)C(C)NC(=O)c2ccccc21. The molecule has 0 bridgehead atoms. The molecule has 0 aliphatic carbocycles. The van der Waals surface area contributed by atoms with Crippen LogP contribution >= 0.6 is 0 Å². The second-order valence-corrected chi connectivity index (χ2v) is 5.17. The number of benzene rings is 1. The Morgan fingerprint density at radius 3 is 2.76 bits per heavy atom. The molecule has 1 heterocycles. The molecule has 5 heteroatoms. The summed E-state index contributed by atoms with van der Waals surface area (Å²) in [5.41, 5.74) is 1.19. The van der Waals surface area contributed by atoms with Gasteiger partial charge in [0, 0.05) is 13.2 Å². The highest BCUT2D eigenvalue weighted by Crippen LogP contribution is 2.23. The van der Waals surface area contributed by atoms with Crippen LogP contribution in [0.5, 0.6) is 0 Å². The number of carbonyl (C=O) groups excluding carboxylic acids is 2. The van der Waals surface area contributed by atoms with Crippen molar-refractivity contribution in [2.45, 2.75) is 32.7 Å². The maximum atomic E-state index is 12.4. The fourth-order valence-corrected chi connectivity index (χ4v) is 2.32. The van der Waals surface area contributed by atoms with E-state index in [2.05, 4.69) is 12.2 Å². The maximum Gasteiger partial charge on any atom is 0.254 e. The summed E-state index contributed by atoms with van der Waals surface area (Å²) >= 11 is 0. The van der Waals surface area contributed by atoms with Gasteiger partial charge in [-0.2, -0.15) is 0 Å². The Balaban J connectivity index is 2.14. The van der Waals surface area contributed by atoms with Gasteiger partial charge in [0.2, 0.25) is 5.91 Å². The summed E-state index contributed by atoms with van der Waals surface area (Å²) in [4.78, 5) is 26.2. The molecule has 1 aromatic rings. The first-order chi connectivity index (χ1) is 10.1. The van der Waals surface area contributed by atoms with Crippen molar-refractivity contribution in [3.8, 4) is 0 Å². The van der Waals surface area contributed by atoms with Crippen LogP contribution in [0.1, 0.15) is 37.0 Å². The lowest BCUT2D eigenvalue weighted by Gasteiger charge is -2.23. The van der Waals surface area contributed by atoms with Crippen molar-refractivity contribution in [2.24, 2.45) is 0 Å². The van der Waals surface area contributed by atoms with Crippen LogP contribution in [0.4, 0.5) is 5.69 Å². The second-order valence-electron chi connectivity index (χ2n) is 5.17. The van der Waals surface area contributed by atoms with Gasteiger partial charge in [0.15, 0.2) is 0 Å². The zero-order valence-electron chi connectivity index (χ0n) is 12.6. The number of amides is 2. The highest BCUT2D eigenvalue weighted by Gasteiger charge is 2.30. The van der Waals surface area contributed by atoms with E-state index in [4.69, 9.17) is 4.74 Å². The summed E-state index contributed by atoms with van der Waals surface area (Å²) in [6, 6.07) is 6.65. The van der Waals surface area contributed by atoms with Gasteiger partial charge >= 0.3 is 0 Å². The first kappa shape index (κ1) is 15.5. The molecule has 1 aliphatic heterocycles. The number of ether oxygens (including phenoxy) is 1. The van der Waals surface area contributed by atoms with Crippen molar-refractivity contribution in [1.29, 1.82) is 0 Å². The van der Waals surface area contributed by atoms with Gasteiger partial charge in [-0.15, -0.1) is 0 Å². The van der Waals surface area contributed by atoms with Crippen LogP contribution in [0, 0.1) is 0 Å². The minimum atomic E-state index is -0.527. The summed E-state index contributed by atoms with van der Waals surface area (Å²) in [6.07, 6.45) is 2.10. The summed E-state index contributed by atoms with van der Waals surface area (Å²) in [5, 5.41) is 2.72. The molecule has 0 saturated heterocycles. The average molecular weight is 290 g/mol. The van der Waals surface area contributed by atoms with E-state index in [1.165, 1.54) is 0 Å². The molecule has 1 N–H and O–H groups in total. The van der Waals surface area contributed by atoms with Crippen molar-refractivity contribution in [2.75, 3.05) is 24.7 Å². The number of carbonyl (C=O) groups is 2. The topological polar surface area (TPSA) is 58.6 Å². The number of unbranched alkanes of at least 4 members (excludes halogenated alkanes) is 1. The predicted molar refractivity (Wildman–Crippen MR) is 81.5 cm³/mol. The normalized spacial score (nSPS) is 18.2. The number of para-hydroxylation sites is 1. The minimum Gasteiger partial charge on any atom is -0.380 e. The van der Waals surface area contributed by atoms with Crippen LogP contribution in [0.3, 0.4) is 0 Å². The summed E-state index contributed by atoms with van der Waals surface area (Å²) in [7, 11) is 0. The van der Waals surface area contributed by atoms with Crippen molar-refractivity contribution in [1.82, 2.24) is 5.32 Å². The third kappa shape index (κ3) is 3.61. The van der Waals surface area contributed by atoms with Crippen LogP contribution in [-0.4, -0.2) is 37.6 Å². The van der Waals surface area contributed by atoms with Gasteiger partial charge in [0.05, 0.1) is 17.9 Å². The highest BCUT2D eigenvalue weighted by atomic mass is 16.5. The van der Waals surface area contributed by atoms with Crippen LogP contribution in [-0.2, 0) is 9.53 Å². The molecule has 0 fully saturated rings. The Kier molecular flexibility index (Phi) is 5.33. The van der Waals surface area contributed by atoms with Gasteiger partial charge in [0.1, 0.15) is 6.04 Å². The fraction of sp³-hybridized carbons (Fsp3) is 0.500. The third-order valence-corrected chi connectivity index (χ3v) is 3.52. The lowest BCUT2D eigenvalue weighted by molar-refractivity contribution is -0.120. The first-order valence-electron chi connectivity index (χ1n) is 7.44. The smallest absolute Gasteiger partial charge is 0.254 e. The molecule has 1 unspecified atom stereocenters. The fourth-order valence-electron chi connectivity index (χ4n) is 2.32. The zero-order valence-corrected chi connectivity index (χ0v) is 12.6. The first-order valence-corrected chi connectivity index (χ1v) is 7.44. The second kappa shape index (κ2) is 7.22. The van der Waals surface area contributed by atoms with Crippen molar-refractivity contribution >= 4 is 17.5 Å². The Morgan fingerprint density at radius 2 is 2.00 bits per heavy atom. The van der Waals surface area contributed by atoms with E-state index in [0.717, 1.165) is 12.8 Å². The minimum absolute atomic E-state index is 0.104. The number of fused-ring (bicyclic) bond motifs is 1. The Labute approximate surface area is 125 Å². The van der Waals surface area contributed by atoms with E-state index < -0.39 is 6.04 Å². The van der Waals surface area contributed by atoms with Gasteiger partial charge < -0.3 is 15.0 Å². The van der Waals surface area contributed by atoms with Crippen LogP contribution in [0.2, 0.25) is 0 Å².